The minimum Gasteiger partial charge on any atom is -0.447 e. The molecule has 28 heavy (non-hydrogen) atoms. The lowest BCUT2D eigenvalue weighted by molar-refractivity contribution is -0.385. The van der Waals surface area contributed by atoms with E-state index in [1.165, 1.54) is 10.4 Å². The summed E-state index contributed by atoms with van der Waals surface area (Å²) in [4.78, 5) is 10.4. The van der Waals surface area contributed by atoms with Gasteiger partial charge < -0.3 is 4.74 Å². The highest BCUT2D eigenvalue weighted by atomic mass is 32.2. The molecule has 0 radical (unpaired) electrons. The van der Waals surface area contributed by atoms with Crippen LogP contribution in [0.5, 0.6) is 11.5 Å². The van der Waals surface area contributed by atoms with E-state index >= 15 is 0 Å². The minimum absolute atomic E-state index is 0.229. The van der Waals surface area contributed by atoms with Crippen molar-refractivity contribution in [1.29, 1.82) is 0 Å². The summed E-state index contributed by atoms with van der Waals surface area (Å²) in [5, 5.41) is 11.4. The number of ether oxygens (including phenoxy) is 1. The van der Waals surface area contributed by atoms with Gasteiger partial charge in [-0.3, -0.25) is 10.1 Å². The summed E-state index contributed by atoms with van der Waals surface area (Å²) in [6.07, 6.45) is 3.32. The van der Waals surface area contributed by atoms with Crippen LogP contribution in [-0.4, -0.2) is 30.7 Å². The third-order valence-corrected chi connectivity index (χ3v) is 6.34. The maximum absolute atomic E-state index is 13.8. The van der Waals surface area contributed by atoms with E-state index in [1.807, 2.05) is 0 Å². The van der Waals surface area contributed by atoms with Gasteiger partial charge in [-0.2, -0.15) is 4.31 Å². The number of benzene rings is 2. The molecule has 1 saturated heterocycles. The monoisotopic (exact) mass is 412 g/mol. The molecule has 3 rings (SSSR count). The molecule has 2 aromatic rings. The highest BCUT2D eigenvalue weighted by molar-refractivity contribution is 7.89. The second-order valence-electron chi connectivity index (χ2n) is 6.38. The summed E-state index contributed by atoms with van der Waals surface area (Å²) >= 11 is 0. The van der Waals surface area contributed by atoms with Gasteiger partial charge >= 0.3 is 5.69 Å². The first-order valence-corrected chi connectivity index (χ1v) is 10.1. The maximum Gasteiger partial charge on any atom is 0.312 e. The summed E-state index contributed by atoms with van der Waals surface area (Å²) in [6.45, 7) is 0.713. The van der Waals surface area contributed by atoms with Crippen molar-refractivity contribution in [2.75, 3.05) is 13.1 Å². The molecule has 1 heterocycles. The average Bonchev–Trinajstić information content (AvgIpc) is 2.94. The van der Waals surface area contributed by atoms with Crippen LogP contribution in [0, 0.1) is 21.7 Å². The summed E-state index contributed by atoms with van der Waals surface area (Å²) < 4.78 is 59.0. The fourth-order valence-corrected chi connectivity index (χ4v) is 4.53. The SMILES string of the molecule is O=[N+]([O-])c1cc(S(=O)(=O)N2CCCCCC2)ccc1Oc1ccc(F)cc1F. The first-order valence-electron chi connectivity index (χ1n) is 8.70. The van der Waals surface area contributed by atoms with E-state index in [-0.39, 0.29) is 10.6 Å². The van der Waals surface area contributed by atoms with Crippen LogP contribution >= 0.6 is 0 Å². The minimum atomic E-state index is -3.90. The first-order chi connectivity index (χ1) is 13.3. The quantitative estimate of drug-likeness (QED) is 0.542. The molecule has 0 aromatic heterocycles. The number of sulfonamides is 1. The van der Waals surface area contributed by atoms with Crippen LogP contribution in [0.3, 0.4) is 0 Å². The molecule has 0 bridgehead atoms. The van der Waals surface area contributed by atoms with Crippen LogP contribution in [0.15, 0.2) is 41.3 Å². The molecule has 2 aromatic carbocycles. The molecule has 1 aliphatic heterocycles. The Bertz CT molecular complexity index is 989. The Hall–Kier alpha value is -2.59. The predicted octanol–water partition coefficient (Wildman–Crippen LogP) is 4.23. The van der Waals surface area contributed by atoms with Gasteiger partial charge in [-0.25, -0.2) is 17.2 Å². The van der Waals surface area contributed by atoms with Gasteiger partial charge in [0, 0.05) is 25.2 Å². The summed E-state index contributed by atoms with van der Waals surface area (Å²) in [6, 6.07) is 5.71. The van der Waals surface area contributed by atoms with Crippen LogP contribution in [0.1, 0.15) is 25.7 Å². The average molecular weight is 412 g/mol. The third-order valence-electron chi connectivity index (χ3n) is 4.44. The molecule has 0 aliphatic carbocycles. The summed E-state index contributed by atoms with van der Waals surface area (Å²) in [5.74, 6) is -2.60. The predicted molar refractivity (Wildman–Crippen MR) is 96.8 cm³/mol. The Labute approximate surface area is 160 Å². The molecular formula is C18H18F2N2O5S. The topological polar surface area (TPSA) is 89.8 Å². The van der Waals surface area contributed by atoms with Gasteiger partial charge in [0.15, 0.2) is 11.6 Å². The second kappa shape index (κ2) is 8.19. The molecule has 0 N–H and O–H groups in total. The zero-order chi connectivity index (χ0) is 20.3. The standard InChI is InChI=1S/C18H18F2N2O5S/c19-13-5-7-17(15(20)11-13)27-18-8-6-14(12-16(18)22(23)24)28(25,26)21-9-3-1-2-4-10-21/h5-8,11-12H,1-4,9-10H2. The van der Waals surface area contributed by atoms with Gasteiger partial charge in [-0.15, -0.1) is 0 Å². The van der Waals surface area contributed by atoms with Crippen LogP contribution in [0.25, 0.3) is 0 Å². The first kappa shape index (κ1) is 20.2. The number of hydrogen-bond donors (Lipinski definition) is 0. The van der Waals surface area contributed by atoms with Crippen molar-refractivity contribution < 1.29 is 26.9 Å². The molecule has 150 valence electrons. The van der Waals surface area contributed by atoms with Crippen molar-refractivity contribution in [2.45, 2.75) is 30.6 Å². The van der Waals surface area contributed by atoms with Crippen molar-refractivity contribution >= 4 is 15.7 Å². The Balaban J connectivity index is 1.95. The Morgan fingerprint density at radius 1 is 0.964 bits per heavy atom. The van der Waals surface area contributed by atoms with Gasteiger partial charge in [-0.05, 0) is 37.1 Å². The zero-order valence-electron chi connectivity index (χ0n) is 14.8. The van der Waals surface area contributed by atoms with E-state index in [0.717, 1.165) is 49.9 Å². The third kappa shape index (κ3) is 4.28. The van der Waals surface area contributed by atoms with Crippen LogP contribution in [0.4, 0.5) is 14.5 Å². The normalized spacial score (nSPS) is 15.8. The highest BCUT2D eigenvalue weighted by Crippen LogP contribution is 2.35. The van der Waals surface area contributed by atoms with Crippen molar-refractivity contribution in [3.05, 3.63) is 58.1 Å². The number of nitrogens with zero attached hydrogens (tertiary/aromatic N) is 2. The van der Waals surface area contributed by atoms with E-state index in [1.54, 1.807) is 0 Å². The molecule has 10 heteroatoms. The number of nitro benzene ring substituents is 1. The van der Waals surface area contributed by atoms with Crippen LogP contribution < -0.4 is 4.74 Å². The number of rotatable bonds is 5. The Morgan fingerprint density at radius 2 is 1.61 bits per heavy atom. The second-order valence-corrected chi connectivity index (χ2v) is 8.32. The number of nitro groups is 1. The van der Waals surface area contributed by atoms with Gasteiger partial charge in [0.25, 0.3) is 0 Å². The largest absolute Gasteiger partial charge is 0.447 e. The van der Waals surface area contributed by atoms with E-state index in [0.29, 0.717) is 19.2 Å². The smallest absolute Gasteiger partial charge is 0.312 e. The van der Waals surface area contributed by atoms with Crippen molar-refractivity contribution in [2.24, 2.45) is 0 Å². The molecule has 7 nitrogen and oxygen atoms in total. The lowest BCUT2D eigenvalue weighted by Crippen LogP contribution is -2.31. The lowest BCUT2D eigenvalue weighted by Gasteiger charge is -2.20. The molecule has 0 atom stereocenters. The number of hydrogen-bond acceptors (Lipinski definition) is 5. The van der Waals surface area contributed by atoms with Gasteiger partial charge in [0.2, 0.25) is 15.8 Å². The fourth-order valence-electron chi connectivity index (χ4n) is 2.99. The van der Waals surface area contributed by atoms with Gasteiger partial charge in [0.1, 0.15) is 5.82 Å². The Kier molecular flexibility index (Phi) is 5.90. The lowest BCUT2D eigenvalue weighted by atomic mass is 10.2. The molecular weight excluding hydrogens is 394 g/mol. The summed E-state index contributed by atoms with van der Waals surface area (Å²) in [5.41, 5.74) is -0.625. The van der Waals surface area contributed by atoms with Crippen molar-refractivity contribution in [3.63, 3.8) is 0 Å². The van der Waals surface area contributed by atoms with Crippen LogP contribution in [-0.2, 0) is 10.0 Å². The molecule has 0 spiro atoms. The van der Waals surface area contributed by atoms with E-state index < -0.39 is 38.0 Å². The summed E-state index contributed by atoms with van der Waals surface area (Å²) in [7, 11) is -3.90. The van der Waals surface area contributed by atoms with Crippen LogP contribution in [0.2, 0.25) is 0 Å². The molecule has 0 amide bonds. The van der Waals surface area contributed by atoms with E-state index in [4.69, 9.17) is 4.74 Å². The van der Waals surface area contributed by atoms with E-state index in [9.17, 15) is 27.3 Å². The fraction of sp³-hybridized carbons (Fsp3) is 0.333. The molecule has 0 saturated carbocycles. The van der Waals surface area contributed by atoms with Gasteiger partial charge in [-0.1, -0.05) is 12.8 Å². The molecule has 1 fully saturated rings. The van der Waals surface area contributed by atoms with Crippen molar-refractivity contribution in [3.8, 4) is 11.5 Å². The van der Waals surface area contributed by atoms with Crippen molar-refractivity contribution in [1.82, 2.24) is 4.31 Å². The Morgan fingerprint density at radius 3 is 2.21 bits per heavy atom. The molecule has 1 aliphatic rings. The van der Waals surface area contributed by atoms with E-state index in [2.05, 4.69) is 0 Å². The number of halogens is 2. The zero-order valence-corrected chi connectivity index (χ0v) is 15.6. The van der Waals surface area contributed by atoms with Gasteiger partial charge in [0.05, 0.1) is 9.82 Å². The maximum atomic E-state index is 13.8. The highest BCUT2D eigenvalue weighted by Gasteiger charge is 2.28. The molecule has 0 unspecified atom stereocenters.